The van der Waals surface area contributed by atoms with E-state index in [0.717, 1.165) is 31.0 Å². The Hall–Kier alpha value is 0.137. The summed E-state index contributed by atoms with van der Waals surface area (Å²) in [4.78, 5) is 0. The Bertz CT molecular complexity index is 238. The first-order valence-electron chi connectivity index (χ1n) is 7.44. The molecule has 2 aliphatic carbocycles. The molecule has 100 valence electrons. The molecule has 0 radical (unpaired) electrons. The Morgan fingerprint density at radius 2 is 1.76 bits per heavy atom. The van der Waals surface area contributed by atoms with E-state index in [1.165, 1.54) is 38.1 Å². The zero-order chi connectivity index (χ0) is 12.3. The van der Waals surface area contributed by atoms with Gasteiger partial charge in [-0.2, -0.15) is 0 Å². The molecule has 2 bridgehead atoms. The Kier molecular flexibility index (Phi) is 4.67. The maximum Gasteiger partial charge on any atom is 0.334 e. The first-order valence-corrected chi connectivity index (χ1v) is 9.97. The molecule has 0 saturated heterocycles. The van der Waals surface area contributed by atoms with Crippen LogP contribution in [0.1, 0.15) is 46.0 Å². The smallest absolute Gasteiger partial charge is 0.334 e. The van der Waals surface area contributed by atoms with Gasteiger partial charge in [0.1, 0.15) is 0 Å². The van der Waals surface area contributed by atoms with Gasteiger partial charge in [0, 0.05) is 13.2 Å². The largest absolute Gasteiger partial charge is 0.395 e. The number of fused-ring (bicyclic) bond motifs is 2. The highest BCUT2D eigenvalue weighted by atomic mass is 28.4. The maximum atomic E-state index is 5.93. The van der Waals surface area contributed by atoms with Gasteiger partial charge >= 0.3 is 8.56 Å². The van der Waals surface area contributed by atoms with Gasteiger partial charge in [-0.3, -0.25) is 0 Å². The van der Waals surface area contributed by atoms with E-state index in [4.69, 9.17) is 8.85 Å². The highest BCUT2D eigenvalue weighted by Gasteiger charge is 2.41. The summed E-state index contributed by atoms with van der Waals surface area (Å²) in [6, 6.07) is 1.20. The van der Waals surface area contributed by atoms with E-state index in [0.29, 0.717) is 0 Å². The number of hydrogen-bond donors (Lipinski definition) is 0. The molecular weight excluding hydrogens is 228 g/mol. The quantitative estimate of drug-likeness (QED) is 0.642. The van der Waals surface area contributed by atoms with Crippen molar-refractivity contribution < 1.29 is 8.85 Å². The monoisotopic (exact) mass is 256 g/mol. The lowest BCUT2D eigenvalue weighted by molar-refractivity contribution is 0.183. The molecule has 0 N–H and O–H groups in total. The summed E-state index contributed by atoms with van der Waals surface area (Å²) in [7, 11) is -1.84. The zero-order valence-electron chi connectivity index (χ0n) is 11.7. The Morgan fingerprint density at radius 3 is 2.24 bits per heavy atom. The predicted molar refractivity (Wildman–Crippen MR) is 73.2 cm³/mol. The lowest BCUT2D eigenvalue weighted by Crippen LogP contribution is -2.39. The molecule has 0 heterocycles. The molecule has 2 nitrogen and oxygen atoms in total. The van der Waals surface area contributed by atoms with Gasteiger partial charge in [0.2, 0.25) is 0 Å². The summed E-state index contributed by atoms with van der Waals surface area (Å²) >= 11 is 0. The Labute approximate surface area is 107 Å². The van der Waals surface area contributed by atoms with E-state index in [9.17, 15) is 0 Å². The summed E-state index contributed by atoms with van der Waals surface area (Å²) in [5.74, 6) is 3.10. The van der Waals surface area contributed by atoms with E-state index in [-0.39, 0.29) is 0 Å². The van der Waals surface area contributed by atoms with Crippen molar-refractivity contribution in [2.75, 3.05) is 13.2 Å². The molecule has 0 aromatic carbocycles. The van der Waals surface area contributed by atoms with Gasteiger partial charge in [-0.05, 0) is 69.9 Å². The highest BCUT2D eigenvalue weighted by molar-refractivity contribution is 6.66. The normalized spacial score (nSPS) is 32.3. The van der Waals surface area contributed by atoms with Crippen molar-refractivity contribution in [3.05, 3.63) is 0 Å². The van der Waals surface area contributed by atoms with Crippen LogP contribution in [0.3, 0.4) is 0 Å². The lowest BCUT2D eigenvalue weighted by atomic mass is 9.87. The molecule has 3 atom stereocenters. The fourth-order valence-corrected chi connectivity index (χ4v) is 6.46. The summed E-state index contributed by atoms with van der Waals surface area (Å²) in [5, 5.41) is 0. The lowest BCUT2D eigenvalue weighted by Gasteiger charge is -2.29. The van der Waals surface area contributed by atoms with Crippen LogP contribution in [-0.4, -0.2) is 21.8 Å². The zero-order valence-corrected chi connectivity index (χ0v) is 12.7. The topological polar surface area (TPSA) is 18.5 Å². The van der Waals surface area contributed by atoms with Crippen LogP contribution in [0.25, 0.3) is 0 Å². The fourth-order valence-electron chi connectivity index (χ4n) is 3.97. The van der Waals surface area contributed by atoms with Gasteiger partial charge in [-0.25, -0.2) is 0 Å². The Morgan fingerprint density at radius 1 is 1.06 bits per heavy atom. The molecule has 0 amide bonds. The molecule has 2 fully saturated rings. The van der Waals surface area contributed by atoms with Crippen molar-refractivity contribution in [1.29, 1.82) is 0 Å². The van der Waals surface area contributed by atoms with E-state index in [1.54, 1.807) is 0 Å². The molecule has 0 aliphatic heterocycles. The molecule has 0 spiro atoms. The molecule has 0 aromatic rings. The minimum absolute atomic E-state index is 0.805. The Balaban J connectivity index is 1.79. The van der Waals surface area contributed by atoms with Crippen LogP contribution in [0.15, 0.2) is 0 Å². The second kappa shape index (κ2) is 5.85. The average Bonchev–Trinajstić information content (AvgIpc) is 2.89. The van der Waals surface area contributed by atoms with E-state index < -0.39 is 8.56 Å². The fraction of sp³-hybridized carbons (Fsp3) is 1.00. The van der Waals surface area contributed by atoms with Crippen molar-refractivity contribution in [1.82, 2.24) is 0 Å². The van der Waals surface area contributed by atoms with E-state index >= 15 is 0 Å². The molecule has 2 aliphatic rings. The minimum Gasteiger partial charge on any atom is -0.395 e. The third-order valence-electron chi connectivity index (χ3n) is 4.75. The van der Waals surface area contributed by atoms with Gasteiger partial charge in [0.25, 0.3) is 0 Å². The summed E-state index contributed by atoms with van der Waals surface area (Å²) in [5.41, 5.74) is 0. The van der Waals surface area contributed by atoms with Crippen LogP contribution in [0.4, 0.5) is 0 Å². The van der Waals surface area contributed by atoms with Gasteiger partial charge in [0.05, 0.1) is 0 Å². The van der Waals surface area contributed by atoms with Crippen molar-refractivity contribution >= 4 is 8.56 Å². The first-order chi connectivity index (χ1) is 8.17. The molecule has 3 heteroatoms. The highest BCUT2D eigenvalue weighted by Crippen LogP contribution is 2.50. The van der Waals surface area contributed by atoms with Crippen molar-refractivity contribution in [2.24, 2.45) is 17.8 Å². The van der Waals surface area contributed by atoms with Crippen LogP contribution in [0.2, 0.25) is 12.6 Å². The molecule has 2 rings (SSSR count). The summed E-state index contributed by atoms with van der Waals surface area (Å²) in [6.45, 7) is 8.02. The molecular formula is C14H28O2Si. The van der Waals surface area contributed by atoms with Crippen LogP contribution >= 0.6 is 0 Å². The van der Waals surface area contributed by atoms with E-state index in [2.05, 4.69) is 20.4 Å². The van der Waals surface area contributed by atoms with Gasteiger partial charge in [0.15, 0.2) is 0 Å². The van der Waals surface area contributed by atoms with Crippen LogP contribution < -0.4 is 0 Å². The third-order valence-corrected chi connectivity index (χ3v) is 7.75. The van der Waals surface area contributed by atoms with E-state index in [1.807, 2.05) is 0 Å². The summed E-state index contributed by atoms with van der Waals surface area (Å²) in [6.07, 6.45) is 7.37. The van der Waals surface area contributed by atoms with Gasteiger partial charge in [-0.15, -0.1) is 0 Å². The first kappa shape index (κ1) is 13.6. The second-order valence-electron chi connectivity index (χ2n) is 5.97. The minimum atomic E-state index is -1.84. The predicted octanol–water partition coefficient (Wildman–Crippen LogP) is 3.96. The van der Waals surface area contributed by atoms with Crippen LogP contribution in [-0.2, 0) is 8.85 Å². The number of hydrogen-bond acceptors (Lipinski definition) is 2. The van der Waals surface area contributed by atoms with Gasteiger partial charge < -0.3 is 8.85 Å². The second-order valence-corrected chi connectivity index (χ2v) is 9.32. The van der Waals surface area contributed by atoms with Crippen molar-refractivity contribution in [3.63, 3.8) is 0 Å². The summed E-state index contributed by atoms with van der Waals surface area (Å²) < 4.78 is 11.9. The molecule has 0 aromatic heterocycles. The SMILES string of the molecule is CCO[Si](C)(CCC1CC2CCC1C2)OCC. The van der Waals surface area contributed by atoms with Crippen LogP contribution in [0.5, 0.6) is 0 Å². The van der Waals surface area contributed by atoms with Crippen molar-refractivity contribution in [2.45, 2.75) is 58.5 Å². The van der Waals surface area contributed by atoms with Crippen molar-refractivity contribution in [3.8, 4) is 0 Å². The average molecular weight is 256 g/mol. The standard InChI is InChI=1S/C14H28O2Si/c1-4-15-17(3,16-5-2)9-8-14-11-12-6-7-13(14)10-12/h12-14H,4-11H2,1-3H3. The maximum absolute atomic E-state index is 5.93. The van der Waals surface area contributed by atoms with Crippen LogP contribution in [0, 0.1) is 17.8 Å². The number of rotatable bonds is 7. The third kappa shape index (κ3) is 3.33. The molecule has 3 unspecified atom stereocenters. The molecule has 17 heavy (non-hydrogen) atoms. The van der Waals surface area contributed by atoms with Gasteiger partial charge in [-0.1, -0.05) is 6.42 Å². The molecule has 2 saturated carbocycles.